The van der Waals surface area contributed by atoms with E-state index in [1.54, 1.807) is 6.07 Å². The molecule has 1 aromatic carbocycles. The number of ether oxygens (including phenoxy) is 1. The van der Waals surface area contributed by atoms with Gasteiger partial charge in [0.15, 0.2) is 0 Å². The number of hydrogen-bond acceptors (Lipinski definition) is 4. The number of piperidine rings is 1. The van der Waals surface area contributed by atoms with Crippen molar-refractivity contribution in [3.8, 4) is 5.75 Å². The van der Waals surface area contributed by atoms with Gasteiger partial charge in [0, 0.05) is 50.5 Å². The molecule has 1 spiro atoms. The predicted molar refractivity (Wildman–Crippen MR) is 124 cm³/mol. The number of fused-ring (bicyclic) bond motifs is 1. The summed E-state index contributed by atoms with van der Waals surface area (Å²) in [6.45, 7) is 8.04. The average Bonchev–Trinajstić information content (AvgIpc) is 2.78. The third-order valence-corrected chi connectivity index (χ3v) is 6.51. The second kappa shape index (κ2) is 9.31. The highest BCUT2D eigenvalue weighted by atomic mass is 16.5. The third-order valence-electron chi connectivity index (χ3n) is 6.51. The minimum atomic E-state index is -0.339. The standard InChI is InChI=1S/C26H33N3O3/c1-18(2)17-27-24(30)15-20-16-26(32-23-10-5-4-8-21(20)23)11-13-29(14-12-26)25(31)22-9-6-7-19(3)28-22/h4-10,18,20H,11-17H2,1-3H3,(H,27,30)/t20-/m1/s1. The van der Waals surface area contributed by atoms with Gasteiger partial charge in [-0.25, -0.2) is 4.98 Å². The van der Waals surface area contributed by atoms with Crippen molar-refractivity contribution in [2.45, 2.75) is 58.0 Å². The minimum absolute atomic E-state index is 0.0237. The molecule has 6 nitrogen and oxygen atoms in total. The van der Waals surface area contributed by atoms with Crippen molar-refractivity contribution in [1.29, 1.82) is 0 Å². The van der Waals surface area contributed by atoms with Gasteiger partial charge >= 0.3 is 0 Å². The largest absolute Gasteiger partial charge is 0.487 e. The van der Waals surface area contributed by atoms with Gasteiger partial charge in [-0.3, -0.25) is 9.59 Å². The van der Waals surface area contributed by atoms with E-state index in [1.165, 1.54) is 0 Å². The SMILES string of the molecule is Cc1cccc(C(=O)N2CCC3(CC2)C[C@@H](CC(=O)NCC(C)C)c2ccccc2O3)n1. The van der Waals surface area contributed by atoms with Gasteiger partial charge in [-0.15, -0.1) is 0 Å². The van der Waals surface area contributed by atoms with Crippen LogP contribution in [0.1, 0.15) is 67.2 Å². The first-order valence-electron chi connectivity index (χ1n) is 11.6. The summed E-state index contributed by atoms with van der Waals surface area (Å²) in [5.41, 5.74) is 2.11. The van der Waals surface area contributed by atoms with E-state index >= 15 is 0 Å². The zero-order valence-electron chi connectivity index (χ0n) is 19.3. The van der Waals surface area contributed by atoms with Gasteiger partial charge in [0.05, 0.1) is 0 Å². The first-order valence-corrected chi connectivity index (χ1v) is 11.6. The van der Waals surface area contributed by atoms with Crippen LogP contribution >= 0.6 is 0 Å². The molecule has 6 heteroatoms. The van der Waals surface area contributed by atoms with Crippen molar-refractivity contribution in [2.75, 3.05) is 19.6 Å². The molecular formula is C26H33N3O3. The molecular weight excluding hydrogens is 402 g/mol. The Morgan fingerprint density at radius 1 is 1.16 bits per heavy atom. The van der Waals surface area contributed by atoms with Gasteiger partial charge < -0.3 is 15.0 Å². The number of benzene rings is 1. The van der Waals surface area contributed by atoms with E-state index in [1.807, 2.05) is 42.2 Å². The van der Waals surface area contributed by atoms with Crippen molar-refractivity contribution in [2.24, 2.45) is 5.92 Å². The Labute approximate surface area is 190 Å². The molecule has 1 fully saturated rings. The fraction of sp³-hybridized carbons (Fsp3) is 0.500. The Morgan fingerprint density at radius 3 is 2.62 bits per heavy atom. The summed E-state index contributed by atoms with van der Waals surface area (Å²) in [6, 6.07) is 13.6. The molecule has 0 radical (unpaired) electrons. The number of aromatic nitrogens is 1. The second-order valence-electron chi connectivity index (χ2n) is 9.58. The maximum atomic E-state index is 12.9. The summed E-state index contributed by atoms with van der Waals surface area (Å²) < 4.78 is 6.54. The van der Waals surface area contributed by atoms with Gasteiger partial charge in [0.25, 0.3) is 5.91 Å². The molecule has 2 aromatic rings. The molecule has 1 N–H and O–H groups in total. The van der Waals surface area contributed by atoms with Gasteiger partial charge in [-0.1, -0.05) is 38.1 Å². The van der Waals surface area contributed by atoms with Crippen LogP contribution in [-0.2, 0) is 4.79 Å². The molecule has 4 rings (SSSR count). The maximum Gasteiger partial charge on any atom is 0.272 e. The van der Waals surface area contributed by atoms with E-state index in [2.05, 4.69) is 30.2 Å². The molecule has 1 saturated heterocycles. The molecule has 1 aromatic heterocycles. The fourth-order valence-corrected chi connectivity index (χ4v) is 4.79. The fourth-order valence-electron chi connectivity index (χ4n) is 4.79. The summed E-state index contributed by atoms with van der Waals surface area (Å²) in [4.78, 5) is 31.8. The number of nitrogens with one attached hydrogen (secondary N) is 1. The number of rotatable bonds is 5. The molecule has 2 aliphatic rings. The highest BCUT2D eigenvalue weighted by Crippen LogP contribution is 2.46. The maximum absolute atomic E-state index is 12.9. The van der Waals surface area contributed by atoms with E-state index in [9.17, 15) is 9.59 Å². The predicted octanol–water partition coefficient (Wildman–Crippen LogP) is 4.09. The number of nitrogens with zero attached hydrogens (tertiary/aromatic N) is 2. The van der Waals surface area contributed by atoms with Crippen LogP contribution in [0.15, 0.2) is 42.5 Å². The monoisotopic (exact) mass is 435 g/mol. The Balaban J connectivity index is 1.46. The number of aryl methyl sites for hydroxylation is 1. The minimum Gasteiger partial charge on any atom is -0.487 e. The smallest absolute Gasteiger partial charge is 0.272 e. The number of amides is 2. The Bertz CT molecular complexity index is 980. The Kier molecular flexibility index (Phi) is 6.49. The lowest BCUT2D eigenvalue weighted by Crippen LogP contribution is -2.52. The van der Waals surface area contributed by atoms with Gasteiger partial charge in [0.1, 0.15) is 17.0 Å². The zero-order chi connectivity index (χ0) is 22.7. The van der Waals surface area contributed by atoms with Crippen LogP contribution in [0.2, 0.25) is 0 Å². The van der Waals surface area contributed by atoms with Crippen molar-refractivity contribution >= 4 is 11.8 Å². The molecule has 2 amide bonds. The van der Waals surface area contributed by atoms with Crippen LogP contribution in [0.3, 0.4) is 0 Å². The van der Waals surface area contributed by atoms with Gasteiger partial charge in [-0.2, -0.15) is 0 Å². The van der Waals surface area contributed by atoms with Crippen LogP contribution in [0.4, 0.5) is 0 Å². The lowest BCUT2D eigenvalue weighted by Gasteiger charge is -2.46. The number of pyridine rings is 1. The molecule has 3 heterocycles. The number of carbonyl (C=O) groups is 2. The van der Waals surface area contributed by atoms with E-state index in [0.29, 0.717) is 37.7 Å². The second-order valence-corrected chi connectivity index (χ2v) is 9.58. The molecule has 1 atom stereocenters. The lowest BCUT2D eigenvalue weighted by atomic mass is 9.76. The highest BCUT2D eigenvalue weighted by Gasteiger charge is 2.44. The number of likely N-dealkylation sites (tertiary alicyclic amines) is 1. The molecule has 170 valence electrons. The van der Waals surface area contributed by atoms with Crippen molar-refractivity contribution in [1.82, 2.24) is 15.2 Å². The molecule has 0 unspecified atom stereocenters. The topological polar surface area (TPSA) is 71.5 Å². The molecule has 32 heavy (non-hydrogen) atoms. The number of carbonyl (C=O) groups excluding carboxylic acids is 2. The first kappa shape index (κ1) is 22.3. The highest BCUT2D eigenvalue weighted by molar-refractivity contribution is 5.92. The van der Waals surface area contributed by atoms with E-state index in [0.717, 1.165) is 36.3 Å². The normalized spacial score (nSPS) is 19.4. The zero-order valence-corrected chi connectivity index (χ0v) is 19.3. The number of hydrogen-bond donors (Lipinski definition) is 1. The number of para-hydroxylation sites is 1. The van der Waals surface area contributed by atoms with E-state index in [4.69, 9.17) is 4.74 Å². The van der Waals surface area contributed by atoms with Crippen LogP contribution < -0.4 is 10.1 Å². The van der Waals surface area contributed by atoms with Crippen molar-refractivity contribution in [3.63, 3.8) is 0 Å². The molecule has 0 saturated carbocycles. The quantitative estimate of drug-likeness (QED) is 0.768. The summed E-state index contributed by atoms with van der Waals surface area (Å²) in [6.07, 6.45) is 2.76. The molecule has 0 aliphatic carbocycles. The molecule has 2 aliphatic heterocycles. The van der Waals surface area contributed by atoms with E-state index in [-0.39, 0.29) is 23.3 Å². The summed E-state index contributed by atoms with van der Waals surface area (Å²) in [7, 11) is 0. The Morgan fingerprint density at radius 2 is 1.91 bits per heavy atom. The van der Waals surface area contributed by atoms with E-state index < -0.39 is 0 Å². The third kappa shape index (κ3) is 4.95. The summed E-state index contributed by atoms with van der Waals surface area (Å²) in [5.74, 6) is 1.49. The van der Waals surface area contributed by atoms with Gasteiger partial charge in [0.2, 0.25) is 5.91 Å². The Hall–Kier alpha value is -2.89. The summed E-state index contributed by atoms with van der Waals surface area (Å²) >= 11 is 0. The van der Waals surface area contributed by atoms with Crippen LogP contribution in [-0.4, -0.2) is 46.9 Å². The lowest BCUT2D eigenvalue weighted by molar-refractivity contribution is -0.122. The van der Waals surface area contributed by atoms with Crippen LogP contribution in [0, 0.1) is 12.8 Å². The van der Waals surface area contributed by atoms with Crippen molar-refractivity contribution in [3.05, 3.63) is 59.4 Å². The van der Waals surface area contributed by atoms with Gasteiger partial charge in [-0.05, 0) is 43.0 Å². The summed E-state index contributed by atoms with van der Waals surface area (Å²) in [5, 5.41) is 3.06. The first-order chi connectivity index (χ1) is 15.3. The van der Waals surface area contributed by atoms with Crippen LogP contribution in [0.5, 0.6) is 5.75 Å². The average molecular weight is 436 g/mol. The van der Waals surface area contributed by atoms with Crippen molar-refractivity contribution < 1.29 is 14.3 Å². The van der Waals surface area contributed by atoms with Crippen LogP contribution in [0.25, 0.3) is 0 Å². The molecule has 0 bridgehead atoms.